The molecule has 2 aromatic rings. The van der Waals surface area contributed by atoms with Crippen molar-refractivity contribution in [3.8, 4) is 0 Å². The van der Waals surface area contributed by atoms with Crippen molar-refractivity contribution in [2.75, 3.05) is 19.5 Å². The first kappa shape index (κ1) is 17.9. The average molecular weight is 356 g/mol. The molecule has 1 aliphatic rings. The molecule has 0 saturated carbocycles. The van der Waals surface area contributed by atoms with Crippen LogP contribution in [0.3, 0.4) is 0 Å². The minimum absolute atomic E-state index is 0.122. The highest BCUT2D eigenvalue weighted by atomic mass is 32.2. The maximum atomic E-state index is 11.2. The Labute approximate surface area is 150 Å². The summed E-state index contributed by atoms with van der Waals surface area (Å²) in [5.74, 6) is -0.122. The van der Waals surface area contributed by atoms with Gasteiger partial charge in [0.2, 0.25) is 10.0 Å². The third kappa shape index (κ3) is 4.57. The Hall–Kier alpha value is -1.95. The molecule has 0 fully saturated rings. The van der Waals surface area contributed by atoms with Gasteiger partial charge >= 0.3 is 0 Å². The van der Waals surface area contributed by atoms with Crippen molar-refractivity contribution in [2.45, 2.75) is 19.3 Å². The van der Waals surface area contributed by atoms with E-state index in [1.807, 2.05) is 0 Å². The number of hydrogen-bond acceptors (Lipinski definition) is 3. The van der Waals surface area contributed by atoms with Crippen molar-refractivity contribution in [3.63, 3.8) is 0 Å². The predicted octanol–water partition coefficient (Wildman–Crippen LogP) is 2.78. The average Bonchev–Trinajstić information content (AvgIpc) is 2.71. The zero-order valence-electron chi connectivity index (χ0n) is 14.5. The number of fused-ring (bicyclic) bond motifs is 2. The Balaban J connectivity index is 1.89. The number of hydrogen-bond donors (Lipinski definition) is 1. The molecule has 5 heteroatoms. The molecule has 0 aromatic heterocycles. The lowest BCUT2D eigenvalue weighted by atomic mass is 9.93. The number of aryl methyl sites for hydroxylation is 2. The van der Waals surface area contributed by atoms with E-state index in [1.54, 1.807) is 11.9 Å². The Morgan fingerprint density at radius 3 is 2.04 bits per heavy atom. The van der Waals surface area contributed by atoms with Gasteiger partial charge in [-0.2, -0.15) is 0 Å². The monoisotopic (exact) mass is 356 g/mol. The first-order chi connectivity index (χ1) is 11.9. The third-order valence-electron chi connectivity index (χ3n) is 4.54. The van der Waals surface area contributed by atoms with E-state index < -0.39 is 10.0 Å². The third-order valence-corrected chi connectivity index (χ3v) is 5.34. The van der Waals surface area contributed by atoms with Gasteiger partial charge in [-0.3, -0.25) is 4.90 Å². The molecule has 0 spiro atoms. The summed E-state index contributed by atoms with van der Waals surface area (Å²) in [5.41, 5.74) is 6.53. The fourth-order valence-corrected chi connectivity index (χ4v) is 4.18. The molecule has 4 nitrogen and oxygen atoms in total. The molecule has 0 unspecified atom stereocenters. The second-order valence-electron chi connectivity index (χ2n) is 6.59. The second-order valence-corrected chi connectivity index (χ2v) is 8.18. The highest BCUT2D eigenvalue weighted by Crippen LogP contribution is 2.33. The van der Waals surface area contributed by atoms with Gasteiger partial charge in [0.25, 0.3) is 0 Å². The van der Waals surface area contributed by atoms with Crippen LogP contribution in [-0.2, 0) is 22.9 Å². The lowest BCUT2D eigenvalue weighted by Gasteiger charge is -2.15. The molecule has 132 valence electrons. The number of primary sulfonamides is 1. The molecule has 25 heavy (non-hydrogen) atoms. The van der Waals surface area contributed by atoms with Gasteiger partial charge in [-0.1, -0.05) is 54.6 Å². The van der Waals surface area contributed by atoms with Crippen molar-refractivity contribution in [1.82, 2.24) is 4.90 Å². The zero-order chi connectivity index (χ0) is 17.9. The molecule has 3 rings (SSSR count). The van der Waals surface area contributed by atoms with Crippen LogP contribution in [0.15, 0.2) is 54.6 Å². The van der Waals surface area contributed by atoms with Crippen molar-refractivity contribution in [2.24, 2.45) is 5.14 Å². The maximum absolute atomic E-state index is 11.2. The fourth-order valence-electron chi connectivity index (χ4n) is 3.44. The first-order valence-corrected chi connectivity index (χ1v) is 10.2. The first-order valence-electron chi connectivity index (χ1n) is 8.50. The van der Waals surface area contributed by atoms with Crippen LogP contribution in [0.5, 0.6) is 0 Å². The van der Waals surface area contributed by atoms with Crippen LogP contribution in [0.4, 0.5) is 0 Å². The maximum Gasteiger partial charge on any atom is 0.222 e. The van der Waals surface area contributed by atoms with E-state index in [1.165, 1.54) is 27.8 Å². The molecular formula is C20H24N2O2S. The van der Waals surface area contributed by atoms with E-state index in [-0.39, 0.29) is 5.88 Å². The molecule has 0 amide bonds. The molecular weight excluding hydrogens is 332 g/mol. The number of nitrogens with two attached hydrogens (primary N) is 1. The minimum atomic E-state index is -3.48. The lowest BCUT2D eigenvalue weighted by Crippen LogP contribution is -2.31. The van der Waals surface area contributed by atoms with Gasteiger partial charge in [0.05, 0.1) is 0 Å². The van der Waals surface area contributed by atoms with Crippen LogP contribution in [0.1, 0.15) is 28.7 Å². The van der Waals surface area contributed by atoms with Crippen molar-refractivity contribution < 1.29 is 8.42 Å². The minimum Gasteiger partial charge on any atom is -0.291 e. The van der Waals surface area contributed by atoms with Crippen molar-refractivity contribution in [1.29, 1.82) is 0 Å². The highest BCUT2D eigenvalue weighted by Gasteiger charge is 2.17. The Kier molecular flexibility index (Phi) is 5.37. The van der Waals surface area contributed by atoms with Crippen LogP contribution in [0, 0.1) is 0 Å². The second kappa shape index (κ2) is 7.52. The van der Waals surface area contributed by atoms with E-state index in [9.17, 15) is 8.42 Å². The van der Waals surface area contributed by atoms with Crippen LogP contribution < -0.4 is 5.14 Å². The summed E-state index contributed by atoms with van der Waals surface area (Å²) < 4.78 is 22.4. The summed E-state index contributed by atoms with van der Waals surface area (Å²) in [4.78, 5) is 1.74. The Morgan fingerprint density at radius 1 is 1.00 bits per heavy atom. The normalized spacial score (nSPS) is 14.0. The van der Waals surface area contributed by atoms with E-state index in [4.69, 9.17) is 5.14 Å². The molecule has 0 saturated heterocycles. The summed E-state index contributed by atoms with van der Waals surface area (Å²) in [6, 6.07) is 17.1. The van der Waals surface area contributed by atoms with E-state index in [2.05, 4.69) is 54.6 Å². The number of sulfonamides is 1. The summed E-state index contributed by atoms with van der Waals surface area (Å²) in [6.07, 6.45) is 5.07. The quantitative estimate of drug-likeness (QED) is 0.896. The van der Waals surface area contributed by atoms with Gasteiger partial charge in [-0.15, -0.1) is 0 Å². The highest BCUT2D eigenvalue weighted by molar-refractivity contribution is 7.89. The number of benzene rings is 2. The van der Waals surface area contributed by atoms with Crippen LogP contribution in [0.2, 0.25) is 0 Å². The molecule has 0 heterocycles. The van der Waals surface area contributed by atoms with Crippen LogP contribution in [-0.4, -0.2) is 32.8 Å². The molecule has 2 N–H and O–H groups in total. The Morgan fingerprint density at radius 2 is 1.52 bits per heavy atom. The smallest absolute Gasteiger partial charge is 0.222 e. The summed E-state index contributed by atoms with van der Waals surface area (Å²) in [6.45, 7) is 0.643. The number of nitrogens with zero attached hydrogens (tertiary/aromatic N) is 1. The van der Waals surface area contributed by atoms with Gasteiger partial charge in [-0.25, -0.2) is 13.6 Å². The molecule has 0 bridgehead atoms. The molecule has 0 atom stereocenters. The Bertz CT molecular complexity index is 839. The van der Waals surface area contributed by atoms with Crippen LogP contribution in [0.25, 0.3) is 5.57 Å². The van der Waals surface area contributed by atoms with Gasteiger partial charge in [0.15, 0.2) is 0 Å². The van der Waals surface area contributed by atoms with Crippen molar-refractivity contribution >= 4 is 15.6 Å². The fraction of sp³-hybridized carbons (Fsp3) is 0.300. The summed E-state index contributed by atoms with van der Waals surface area (Å²) in [5, 5.41) is 5.11. The molecule has 0 radical (unpaired) electrons. The zero-order valence-corrected chi connectivity index (χ0v) is 15.3. The summed E-state index contributed by atoms with van der Waals surface area (Å²) in [7, 11) is -1.70. The van der Waals surface area contributed by atoms with Gasteiger partial charge < -0.3 is 0 Å². The largest absolute Gasteiger partial charge is 0.291 e. The SMILES string of the molecule is CN(CCC=C1c2ccccc2CCc2ccccc21)CS(N)(=O)=O. The number of rotatable bonds is 5. The summed E-state index contributed by atoms with van der Waals surface area (Å²) >= 11 is 0. The predicted molar refractivity (Wildman–Crippen MR) is 103 cm³/mol. The molecule has 2 aromatic carbocycles. The molecule has 1 aliphatic carbocycles. The lowest BCUT2D eigenvalue weighted by molar-refractivity contribution is 0.388. The van der Waals surface area contributed by atoms with E-state index >= 15 is 0 Å². The van der Waals surface area contributed by atoms with Crippen LogP contribution >= 0.6 is 0 Å². The van der Waals surface area contributed by atoms with Crippen molar-refractivity contribution in [3.05, 3.63) is 76.9 Å². The molecule has 0 aliphatic heterocycles. The van der Waals surface area contributed by atoms with Gasteiger partial charge in [0.1, 0.15) is 5.88 Å². The standard InChI is InChI=1S/C20H24N2O2S/c1-22(15-25(21,23)24)14-6-11-20-18-9-4-2-7-16(18)12-13-17-8-3-5-10-19(17)20/h2-5,7-11H,6,12-15H2,1H3,(H2,21,23,24). The topological polar surface area (TPSA) is 63.4 Å². The van der Waals surface area contributed by atoms with E-state index in [0.717, 1.165) is 19.3 Å². The van der Waals surface area contributed by atoms with Gasteiger partial charge in [-0.05, 0) is 54.1 Å². The van der Waals surface area contributed by atoms with Gasteiger partial charge in [0, 0.05) is 6.54 Å². The van der Waals surface area contributed by atoms with E-state index in [0.29, 0.717) is 6.54 Å².